The van der Waals surface area contributed by atoms with Gasteiger partial charge >= 0.3 is 0 Å². The van der Waals surface area contributed by atoms with Gasteiger partial charge in [-0.05, 0) is 17.7 Å². The average molecular weight is 241 g/mol. The molecule has 0 aliphatic rings. The monoisotopic (exact) mass is 241 g/mol. The first-order valence-corrected chi connectivity index (χ1v) is 5.68. The molecule has 1 aromatic carbocycles. The van der Waals surface area contributed by atoms with Crippen LogP contribution < -0.4 is 5.32 Å². The summed E-state index contributed by atoms with van der Waals surface area (Å²) in [6, 6.07) is 8.94. The largest absolute Gasteiger partial charge is 0.346 e. The number of carbonyl (C=O) groups is 1. The molecule has 91 valence electrons. The molecular weight excluding hydrogens is 228 g/mol. The summed E-state index contributed by atoms with van der Waals surface area (Å²) in [5.74, 6) is -0.235. The van der Waals surface area contributed by atoms with Crippen LogP contribution in [0.25, 0.3) is 10.9 Å². The molecule has 1 heterocycles. The zero-order chi connectivity index (χ0) is 13.0. The molecule has 4 heteroatoms. The van der Waals surface area contributed by atoms with E-state index in [2.05, 4.69) is 10.3 Å². The molecule has 0 aliphatic heterocycles. The Hall–Kier alpha value is -2.23. The molecule has 2 aromatic rings. The third-order valence-electron chi connectivity index (χ3n) is 2.68. The van der Waals surface area contributed by atoms with E-state index in [9.17, 15) is 9.59 Å². The number of carbonyl (C=O) groups excluding carboxylic acids is 2. The molecule has 0 unspecified atom stereocenters. The van der Waals surface area contributed by atoms with Gasteiger partial charge in [0.25, 0.3) is 0 Å². The summed E-state index contributed by atoms with van der Waals surface area (Å²) < 4.78 is 0. The summed E-state index contributed by atoms with van der Waals surface area (Å²) in [4.78, 5) is 26.0. The molecule has 1 amide bonds. The maximum atomic E-state index is 11.0. The second-order valence-corrected chi connectivity index (χ2v) is 4.06. The van der Waals surface area contributed by atoms with E-state index >= 15 is 0 Å². The topological polar surface area (TPSA) is 59.1 Å². The van der Waals surface area contributed by atoms with Gasteiger partial charge in [0, 0.05) is 24.9 Å². The second kappa shape index (κ2) is 5.40. The van der Waals surface area contributed by atoms with Gasteiger partial charge in [-0.2, -0.15) is 0 Å². The number of nitrogens with zero attached hydrogens (tertiary/aromatic N) is 1. The Labute approximate surface area is 105 Å². The van der Waals surface area contributed by atoms with E-state index in [1.807, 2.05) is 36.6 Å². The van der Waals surface area contributed by atoms with Gasteiger partial charge in [-0.15, -0.1) is 0 Å². The van der Waals surface area contributed by atoms with Gasteiger partial charge in [-0.1, -0.05) is 18.2 Å². The Bertz CT molecular complexity index is 576. The lowest BCUT2D eigenvalue weighted by Gasteiger charge is -2.12. The van der Waals surface area contributed by atoms with Crippen molar-refractivity contribution < 1.29 is 9.59 Å². The quantitative estimate of drug-likeness (QED) is 0.880. The average Bonchev–Trinajstić information content (AvgIpc) is 2.38. The summed E-state index contributed by atoms with van der Waals surface area (Å²) in [6.45, 7) is 1.38. The highest BCUT2D eigenvalue weighted by Gasteiger charge is 2.12. The number of nitrogens with one attached hydrogen (secondary N) is 1. The molecule has 0 saturated carbocycles. The van der Waals surface area contributed by atoms with Gasteiger partial charge in [0.05, 0.1) is 11.6 Å². The van der Waals surface area contributed by atoms with E-state index in [0.29, 0.717) is 6.42 Å². The fourth-order valence-corrected chi connectivity index (χ4v) is 1.92. The van der Waals surface area contributed by atoms with Crippen LogP contribution in [0.1, 0.15) is 12.5 Å². The van der Waals surface area contributed by atoms with Gasteiger partial charge in [-0.3, -0.25) is 14.6 Å². The van der Waals surface area contributed by atoms with Gasteiger partial charge < -0.3 is 5.32 Å². The van der Waals surface area contributed by atoms with Crippen LogP contribution in [0.4, 0.5) is 0 Å². The van der Waals surface area contributed by atoms with Crippen LogP contribution in [0.5, 0.6) is 0 Å². The van der Waals surface area contributed by atoms with Crippen molar-refractivity contribution in [3.8, 4) is 0 Å². The predicted octanol–water partition coefficient (Wildman–Crippen LogP) is 1.39. The van der Waals surface area contributed by atoms with Crippen molar-refractivity contribution in [2.45, 2.75) is 19.4 Å². The summed E-state index contributed by atoms with van der Waals surface area (Å²) in [7, 11) is 0. The molecule has 0 fully saturated rings. The molecule has 0 saturated heterocycles. The van der Waals surface area contributed by atoms with E-state index < -0.39 is 6.04 Å². The Kier molecular flexibility index (Phi) is 3.67. The van der Waals surface area contributed by atoms with Gasteiger partial charge in [0.15, 0.2) is 0 Å². The van der Waals surface area contributed by atoms with Crippen LogP contribution in [0, 0.1) is 0 Å². The van der Waals surface area contributed by atoms with Crippen molar-refractivity contribution in [2.24, 2.45) is 0 Å². The molecule has 0 aliphatic carbocycles. The molecule has 0 spiro atoms. The van der Waals surface area contributed by atoms with Crippen LogP contribution in [0.3, 0.4) is 0 Å². The lowest BCUT2D eigenvalue weighted by atomic mass is 10.0. The second-order valence-electron chi connectivity index (χ2n) is 4.06. The third kappa shape index (κ3) is 2.71. The zero-order valence-electron chi connectivity index (χ0n) is 10.0. The number of fused-ring (bicyclic) bond motifs is 1. The van der Waals surface area contributed by atoms with Crippen molar-refractivity contribution in [2.75, 3.05) is 0 Å². The molecule has 4 nitrogen and oxygen atoms in total. The predicted molar refractivity (Wildman–Crippen MR) is 68.7 cm³/mol. The van der Waals surface area contributed by atoms with Gasteiger partial charge in [-0.25, -0.2) is 0 Å². The first-order chi connectivity index (χ1) is 8.70. The van der Waals surface area contributed by atoms with Crippen molar-refractivity contribution in [3.05, 3.63) is 42.1 Å². The number of rotatable bonds is 4. The van der Waals surface area contributed by atoms with Crippen molar-refractivity contribution in [3.63, 3.8) is 0 Å². The van der Waals surface area contributed by atoms with Crippen LogP contribution in [-0.2, 0) is 16.0 Å². The summed E-state index contributed by atoms with van der Waals surface area (Å²) in [5, 5.41) is 3.55. The molecule has 18 heavy (non-hydrogen) atoms. The maximum absolute atomic E-state index is 11.0. The van der Waals surface area contributed by atoms with E-state index in [1.165, 1.54) is 6.92 Å². The van der Waals surface area contributed by atoms with E-state index in [0.717, 1.165) is 16.5 Å². The summed E-state index contributed by atoms with van der Waals surface area (Å²) in [5.41, 5.74) is 1.85. The Morgan fingerprint density at radius 3 is 2.89 bits per heavy atom. The molecular formula is C14H13N2O2. The van der Waals surface area contributed by atoms with Crippen molar-refractivity contribution in [1.82, 2.24) is 10.3 Å². The maximum Gasteiger partial charge on any atom is 0.223 e. The zero-order valence-corrected chi connectivity index (χ0v) is 10.0. The fourth-order valence-electron chi connectivity index (χ4n) is 1.92. The van der Waals surface area contributed by atoms with Crippen LogP contribution in [-0.4, -0.2) is 23.2 Å². The number of para-hydroxylation sites is 1. The number of aromatic nitrogens is 1. The molecule has 1 radical (unpaired) electrons. The highest BCUT2D eigenvalue weighted by molar-refractivity contribution is 5.83. The van der Waals surface area contributed by atoms with Crippen LogP contribution >= 0.6 is 0 Å². The minimum Gasteiger partial charge on any atom is -0.346 e. The van der Waals surface area contributed by atoms with Crippen molar-refractivity contribution >= 4 is 23.1 Å². The smallest absolute Gasteiger partial charge is 0.223 e. The first kappa shape index (κ1) is 12.2. The number of hydrogen-bond donors (Lipinski definition) is 1. The highest BCUT2D eigenvalue weighted by Crippen LogP contribution is 2.17. The van der Waals surface area contributed by atoms with E-state index in [1.54, 1.807) is 6.20 Å². The molecule has 0 bridgehead atoms. The van der Waals surface area contributed by atoms with Crippen LogP contribution in [0.15, 0.2) is 36.5 Å². The first-order valence-electron chi connectivity index (χ1n) is 5.68. The molecule has 1 aromatic heterocycles. The molecule has 1 N–H and O–H groups in total. The molecule has 2 rings (SSSR count). The number of hydrogen-bond acceptors (Lipinski definition) is 3. The van der Waals surface area contributed by atoms with E-state index in [-0.39, 0.29) is 5.91 Å². The fraction of sp³-hybridized carbons (Fsp3) is 0.214. The Balaban J connectivity index is 2.30. The Morgan fingerprint density at radius 1 is 1.39 bits per heavy atom. The third-order valence-corrected chi connectivity index (χ3v) is 2.68. The lowest BCUT2D eigenvalue weighted by molar-refractivity contribution is -0.119. The number of benzene rings is 1. The normalized spacial score (nSPS) is 12.1. The SMILES string of the molecule is CC(=O)N[C@H]([C]=O)Cc1ccnc2ccccc12. The van der Waals surface area contributed by atoms with Crippen LogP contribution in [0.2, 0.25) is 0 Å². The van der Waals surface area contributed by atoms with E-state index in [4.69, 9.17) is 0 Å². The highest BCUT2D eigenvalue weighted by atomic mass is 16.2. The summed E-state index contributed by atoms with van der Waals surface area (Å²) >= 11 is 0. The minimum atomic E-state index is -0.617. The standard InChI is InChI=1S/C14H13N2O2/c1-10(18)16-12(9-17)8-11-6-7-15-14-5-3-2-4-13(11)14/h2-7,12H,8H2,1H3,(H,16,18)/t12-/m0/s1. The van der Waals surface area contributed by atoms with Gasteiger partial charge in [0.2, 0.25) is 12.2 Å². The number of pyridine rings is 1. The van der Waals surface area contributed by atoms with Crippen molar-refractivity contribution in [1.29, 1.82) is 0 Å². The minimum absolute atomic E-state index is 0.235. The Morgan fingerprint density at radius 2 is 2.17 bits per heavy atom. The molecule has 1 atom stereocenters. The van der Waals surface area contributed by atoms with Gasteiger partial charge in [0.1, 0.15) is 0 Å². The number of amides is 1. The summed E-state index contributed by atoms with van der Waals surface area (Å²) in [6.07, 6.45) is 3.97. The lowest BCUT2D eigenvalue weighted by Crippen LogP contribution is -2.36.